The lowest BCUT2D eigenvalue weighted by atomic mass is 10.2. The number of ether oxygens (including phenoxy) is 1. The zero-order valence-electron chi connectivity index (χ0n) is 8.32. The smallest absolute Gasteiger partial charge is 0.296 e. The van der Waals surface area contributed by atoms with Gasteiger partial charge in [-0.25, -0.2) is 0 Å². The zero-order chi connectivity index (χ0) is 10.1. The van der Waals surface area contributed by atoms with Gasteiger partial charge in [-0.15, -0.1) is 0 Å². The van der Waals surface area contributed by atoms with Crippen LogP contribution in [0.2, 0.25) is 0 Å². The molecule has 2 rings (SSSR count). The number of aromatic nitrogens is 2. The topological polar surface area (TPSA) is 53.1 Å². The average Bonchev–Trinajstić information content (AvgIpc) is 2.55. The second kappa shape index (κ2) is 3.31. The van der Waals surface area contributed by atoms with Crippen LogP contribution in [0.5, 0.6) is 6.01 Å². The molecule has 1 heterocycles. The van der Waals surface area contributed by atoms with Crippen molar-refractivity contribution in [3.05, 3.63) is 23.8 Å². The van der Waals surface area contributed by atoms with Crippen LogP contribution in [-0.2, 0) is 13.6 Å². The van der Waals surface area contributed by atoms with Crippen LogP contribution in [-0.4, -0.2) is 16.7 Å². The number of rotatable bonds is 2. The van der Waals surface area contributed by atoms with Gasteiger partial charge in [0, 0.05) is 13.6 Å². The molecule has 0 fully saturated rings. The van der Waals surface area contributed by atoms with Gasteiger partial charge in [0.05, 0.1) is 18.1 Å². The Kier molecular flexibility index (Phi) is 2.13. The molecule has 4 nitrogen and oxygen atoms in total. The van der Waals surface area contributed by atoms with Crippen molar-refractivity contribution in [1.29, 1.82) is 0 Å². The summed E-state index contributed by atoms with van der Waals surface area (Å²) in [6.07, 6.45) is 0. The monoisotopic (exact) mass is 191 g/mol. The summed E-state index contributed by atoms with van der Waals surface area (Å²) in [4.78, 5) is 4.32. The highest BCUT2D eigenvalue weighted by molar-refractivity contribution is 5.77. The maximum absolute atomic E-state index is 5.55. The van der Waals surface area contributed by atoms with Gasteiger partial charge in [-0.3, -0.25) is 4.57 Å². The Morgan fingerprint density at radius 1 is 1.50 bits per heavy atom. The molecule has 4 heteroatoms. The predicted octanol–water partition coefficient (Wildman–Crippen LogP) is 1.04. The van der Waals surface area contributed by atoms with Crippen LogP contribution >= 0.6 is 0 Å². The summed E-state index contributed by atoms with van der Waals surface area (Å²) < 4.78 is 7.04. The highest BCUT2D eigenvalue weighted by Crippen LogP contribution is 2.20. The first kappa shape index (κ1) is 9.02. The highest BCUT2D eigenvalue weighted by Gasteiger charge is 2.07. The number of imidazole rings is 1. The van der Waals surface area contributed by atoms with Gasteiger partial charge in [-0.05, 0) is 17.7 Å². The minimum Gasteiger partial charge on any atom is -0.468 e. The summed E-state index contributed by atoms with van der Waals surface area (Å²) in [6, 6.07) is 6.61. The van der Waals surface area contributed by atoms with E-state index in [1.165, 1.54) is 0 Å². The fourth-order valence-corrected chi connectivity index (χ4v) is 1.53. The SMILES string of the molecule is COc1nc2cc(CN)ccc2n1C. The van der Waals surface area contributed by atoms with Gasteiger partial charge in [0.2, 0.25) is 0 Å². The molecule has 0 aliphatic rings. The number of hydrogen-bond donors (Lipinski definition) is 1. The van der Waals surface area contributed by atoms with E-state index in [1.54, 1.807) is 7.11 Å². The molecule has 0 aliphatic carbocycles. The molecule has 0 bridgehead atoms. The average molecular weight is 191 g/mol. The molecule has 0 saturated carbocycles. The number of benzene rings is 1. The van der Waals surface area contributed by atoms with Crippen LogP contribution in [0.4, 0.5) is 0 Å². The molecule has 14 heavy (non-hydrogen) atoms. The van der Waals surface area contributed by atoms with Crippen molar-refractivity contribution in [2.75, 3.05) is 7.11 Å². The standard InChI is InChI=1S/C10H13N3O/c1-13-9-4-3-7(6-11)5-8(9)12-10(13)14-2/h3-5H,6,11H2,1-2H3. The molecule has 0 amide bonds. The Bertz CT molecular complexity index is 462. The number of fused-ring (bicyclic) bond motifs is 1. The molecule has 0 unspecified atom stereocenters. The van der Waals surface area contributed by atoms with Gasteiger partial charge in [-0.2, -0.15) is 4.98 Å². The lowest BCUT2D eigenvalue weighted by Crippen LogP contribution is -1.96. The third-order valence-electron chi connectivity index (χ3n) is 2.32. The van der Waals surface area contributed by atoms with Crippen LogP contribution in [0.1, 0.15) is 5.56 Å². The van der Waals surface area contributed by atoms with Crippen LogP contribution in [0, 0.1) is 0 Å². The quantitative estimate of drug-likeness (QED) is 0.771. The van der Waals surface area contributed by atoms with Crippen molar-refractivity contribution in [1.82, 2.24) is 9.55 Å². The van der Waals surface area contributed by atoms with E-state index < -0.39 is 0 Å². The molecule has 0 radical (unpaired) electrons. The minimum atomic E-state index is 0.537. The van der Waals surface area contributed by atoms with E-state index in [4.69, 9.17) is 10.5 Å². The lowest BCUT2D eigenvalue weighted by Gasteiger charge is -1.99. The molecular weight excluding hydrogens is 178 g/mol. The zero-order valence-corrected chi connectivity index (χ0v) is 8.32. The number of nitrogens with zero attached hydrogens (tertiary/aromatic N) is 2. The first-order valence-electron chi connectivity index (χ1n) is 4.45. The van der Waals surface area contributed by atoms with Crippen LogP contribution in [0.3, 0.4) is 0 Å². The number of nitrogens with two attached hydrogens (primary N) is 1. The molecule has 0 atom stereocenters. The fraction of sp³-hybridized carbons (Fsp3) is 0.300. The third kappa shape index (κ3) is 1.24. The van der Waals surface area contributed by atoms with E-state index in [9.17, 15) is 0 Å². The fourth-order valence-electron chi connectivity index (χ4n) is 1.53. The summed E-state index contributed by atoms with van der Waals surface area (Å²) >= 11 is 0. The Morgan fingerprint density at radius 3 is 2.93 bits per heavy atom. The van der Waals surface area contributed by atoms with Gasteiger partial charge < -0.3 is 10.5 Å². The molecule has 1 aromatic heterocycles. The first-order valence-corrected chi connectivity index (χ1v) is 4.45. The second-order valence-corrected chi connectivity index (χ2v) is 3.18. The molecule has 74 valence electrons. The van der Waals surface area contributed by atoms with E-state index in [0.717, 1.165) is 16.6 Å². The summed E-state index contributed by atoms with van der Waals surface area (Å²) in [5.41, 5.74) is 8.61. The Balaban J connectivity index is 2.66. The molecule has 0 aliphatic heterocycles. The maximum atomic E-state index is 5.55. The maximum Gasteiger partial charge on any atom is 0.296 e. The molecule has 1 aromatic carbocycles. The first-order chi connectivity index (χ1) is 6.76. The van der Waals surface area contributed by atoms with E-state index in [-0.39, 0.29) is 0 Å². The molecule has 0 spiro atoms. The Morgan fingerprint density at radius 2 is 2.29 bits per heavy atom. The largest absolute Gasteiger partial charge is 0.468 e. The molecular formula is C10H13N3O. The van der Waals surface area contributed by atoms with E-state index in [2.05, 4.69) is 4.98 Å². The molecule has 0 saturated heterocycles. The van der Waals surface area contributed by atoms with E-state index in [0.29, 0.717) is 12.6 Å². The van der Waals surface area contributed by atoms with E-state index >= 15 is 0 Å². The van der Waals surface area contributed by atoms with Crippen LogP contribution in [0.15, 0.2) is 18.2 Å². The number of methoxy groups -OCH3 is 1. The molecule has 2 N–H and O–H groups in total. The number of hydrogen-bond acceptors (Lipinski definition) is 3. The lowest BCUT2D eigenvalue weighted by molar-refractivity contribution is 0.368. The second-order valence-electron chi connectivity index (χ2n) is 3.18. The van der Waals surface area contributed by atoms with Gasteiger partial charge in [0.1, 0.15) is 0 Å². The van der Waals surface area contributed by atoms with Crippen molar-refractivity contribution in [2.45, 2.75) is 6.54 Å². The van der Waals surface area contributed by atoms with Crippen LogP contribution in [0.25, 0.3) is 11.0 Å². The van der Waals surface area contributed by atoms with Gasteiger partial charge in [-0.1, -0.05) is 6.07 Å². The van der Waals surface area contributed by atoms with Gasteiger partial charge in [0.15, 0.2) is 0 Å². The van der Waals surface area contributed by atoms with Crippen LogP contribution < -0.4 is 10.5 Å². The van der Waals surface area contributed by atoms with Gasteiger partial charge >= 0.3 is 0 Å². The van der Waals surface area contributed by atoms with Crippen molar-refractivity contribution in [3.63, 3.8) is 0 Å². The molecule has 2 aromatic rings. The van der Waals surface area contributed by atoms with Crippen molar-refractivity contribution in [3.8, 4) is 6.01 Å². The van der Waals surface area contributed by atoms with E-state index in [1.807, 2.05) is 29.8 Å². The van der Waals surface area contributed by atoms with Crippen molar-refractivity contribution < 1.29 is 4.74 Å². The normalized spacial score (nSPS) is 10.8. The summed E-state index contributed by atoms with van der Waals surface area (Å²) in [6.45, 7) is 0.537. The summed E-state index contributed by atoms with van der Waals surface area (Å²) in [5.74, 6) is 0. The minimum absolute atomic E-state index is 0.537. The predicted molar refractivity (Wildman–Crippen MR) is 55.2 cm³/mol. The highest BCUT2D eigenvalue weighted by atomic mass is 16.5. The Labute approximate surface area is 82.3 Å². The van der Waals surface area contributed by atoms with Crippen molar-refractivity contribution >= 4 is 11.0 Å². The summed E-state index contributed by atoms with van der Waals surface area (Å²) in [5, 5.41) is 0. The van der Waals surface area contributed by atoms with Gasteiger partial charge in [0.25, 0.3) is 6.01 Å². The Hall–Kier alpha value is -1.55. The van der Waals surface area contributed by atoms with Crippen molar-refractivity contribution in [2.24, 2.45) is 12.8 Å². The summed E-state index contributed by atoms with van der Waals surface area (Å²) in [7, 11) is 3.54. The number of aryl methyl sites for hydroxylation is 1. The third-order valence-corrected chi connectivity index (χ3v) is 2.32.